The van der Waals surface area contributed by atoms with Gasteiger partial charge in [0.1, 0.15) is 0 Å². The Morgan fingerprint density at radius 2 is 1.50 bits per heavy atom. The van der Waals surface area contributed by atoms with Crippen molar-refractivity contribution in [3.05, 3.63) is 11.1 Å². The Kier molecular flexibility index (Phi) is 4.84. The van der Waals surface area contributed by atoms with Crippen LogP contribution >= 0.6 is 0 Å². The van der Waals surface area contributed by atoms with Crippen molar-refractivity contribution in [3.63, 3.8) is 0 Å². The maximum Gasteiger partial charge on any atom is 0.400 e. The van der Waals surface area contributed by atoms with Gasteiger partial charge in [-0.3, -0.25) is 0 Å². The van der Waals surface area contributed by atoms with E-state index in [1.54, 1.807) is 26.6 Å². The standard InChI is InChI=1S/C16H28BF6NOSi/c1-11-9-8-10-12(11)14(2)24(3,4)13(26(5,6)7)17(25-14,15(18,19)20)16(21,22)23/h13H,8-10H2,1-7H3. The molecule has 26 heavy (non-hydrogen) atoms. The Bertz CT molecular complexity index is 608. The van der Waals surface area contributed by atoms with Crippen LogP contribution in [0.25, 0.3) is 0 Å². The lowest BCUT2D eigenvalue weighted by molar-refractivity contribution is -0.945. The van der Waals surface area contributed by atoms with E-state index in [1.165, 1.54) is 21.0 Å². The lowest BCUT2D eigenvalue weighted by Gasteiger charge is -2.52. The number of likely N-dealkylation sites (N-methyl/N-ethyl adjacent to an activating group) is 1. The Morgan fingerprint density at radius 3 is 1.77 bits per heavy atom. The van der Waals surface area contributed by atoms with E-state index in [2.05, 4.69) is 0 Å². The van der Waals surface area contributed by atoms with Crippen molar-refractivity contribution in [2.45, 2.75) is 76.2 Å². The van der Waals surface area contributed by atoms with Crippen LogP contribution in [0, 0.1) is 0 Å². The van der Waals surface area contributed by atoms with Gasteiger partial charge in [0.15, 0.2) is 5.72 Å². The summed E-state index contributed by atoms with van der Waals surface area (Å²) in [6.07, 6.45) is -14.2. The van der Waals surface area contributed by atoms with Crippen molar-refractivity contribution in [1.29, 1.82) is 0 Å². The zero-order valence-electron chi connectivity index (χ0n) is 16.4. The van der Waals surface area contributed by atoms with Crippen LogP contribution in [-0.2, 0) is 4.65 Å². The van der Waals surface area contributed by atoms with E-state index in [0.717, 1.165) is 12.0 Å². The van der Waals surface area contributed by atoms with Crippen molar-refractivity contribution in [1.82, 2.24) is 0 Å². The fourth-order valence-corrected chi connectivity index (χ4v) is 9.68. The summed E-state index contributed by atoms with van der Waals surface area (Å²) in [5.41, 5.74) is -1.85. The number of halogens is 6. The molecule has 2 rings (SSSR count). The van der Waals surface area contributed by atoms with Gasteiger partial charge in [-0.1, -0.05) is 25.2 Å². The van der Waals surface area contributed by atoms with Crippen molar-refractivity contribution >= 4 is 14.4 Å². The average molecular weight is 403 g/mol. The summed E-state index contributed by atoms with van der Waals surface area (Å²) in [4.78, 5) is 0. The zero-order chi connectivity index (χ0) is 20.6. The monoisotopic (exact) mass is 403 g/mol. The first kappa shape index (κ1) is 21.8. The van der Waals surface area contributed by atoms with Crippen LogP contribution in [-0.4, -0.2) is 56.4 Å². The van der Waals surface area contributed by atoms with E-state index in [0.29, 0.717) is 18.4 Å². The summed E-state index contributed by atoms with van der Waals surface area (Å²) < 4.78 is 89.7. The number of rotatable bonds is 2. The molecule has 1 heterocycles. The van der Waals surface area contributed by atoms with E-state index >= 15 is 0 Å². The molecule has 1 aliphatic carbocycles. The van der Waals surface area contributed by atoms with E-state index in [-0.39, 0.29) is 0 Å². The van der Waals surface area contributed by atoms with E-state index in [4.69, 9.17) is 4.65 Å². The highest BCUT2D eigenvalue weighted by Crippen LogP contribution is 2.59. The molecule has 1 aliphatic heterocycles. The van der Waals surface area contributed by atoms with Gasteiger partial charge in [-0.25, -0.2) is 26.3 Å². The van der Waals surface area contributed by atoms with Gasteiger partial charge in [0.05, 0.1) is 22.2 Å². The van der Waals surface area contributed by atoms with Gasteiger partial charge in [0, 0.05) is 18.1 Å². The molecule has 2 aliphatic rings. The molecule has 152 valence electrons. The fraction of sp³-hybridized carbons (Fsp3) is 0.875. The molecule has 2 nitrogen and oxygen atoms in total. The van der Waals surface area contributed by atoms with Crippen molar-refractivity contribution in [3.8, 4) is 0 Å². The second kappa shape index (κ2) is 5.76. The van der Waals surface area contributed by atoms with Gasteiger partial charge < -0.3 is 9.14 Å². The van der Waals surface area contributed by atoms with Crippen LogP contribution in [0.5, 0.6) is 0 Å². The summed E-state index contributed by atoms with van der Waals surface area (Å²) in [6, 6.07) is 0. The van der Waals surface area contributed by atoms with Gasteiger partial charge in [-0.2, -0.15) is 0 Å². The average Bonchev–Trinajstić information content (AvgIpc) is 2.86. The molecular formula is C16H28BF6NOSi. The molecule has 0 aromatic rings. The summed E-state index contributed by atoms with van der Waals surface area (Å²) in [5.74, 6) is 0. The number of alkyl halides is 6. The molecule has 0 N–H and O–H groups in total. The van der Waals surface area contributed by atoms with Crippen LogP contribution in [0.1, 0.15) is 33.1 Å². The highest BCUT2D eigenvalue weighted by molar-refractivity contribution is 6.97. The molecular weight excluding hydrogens is 375 g/mol. The molecule has 1 fully saturated rings. The van der Waals surface area contributed by atoms with Gasteiger partial charge >= 0.3 is 6.35 Å². The van der Waals surface area contributed by atoms with Crippen LogP contribution < -0.4 is 0 Å². The molecule has 0 aromatic carbocycles. The molecule has 0 saturated carbocycles. The SMILES string of the molecule is CC1=C(C2(C)O[B-](C(F)(F)F)(C(F)(F)F)C([Si](C)(C)C)[N+]2(C)C)CCC1. The van der Waals surface area contributed by atoms with Gasteiger partial charge in [0.2, 0.25) is 0 Å². The van der Waals surface area contributed by atoms with Gasteiger partial charge in [-0.15, -0.1) is 0 Å². The predicted octanol–water partition coefficient (Wildman–Crippen LogP) is 5.24. The lowest BCUT2D eigenvalue weighted by atomic mass is 9.37. The first-order valence-corrected chi connectivity index (χ1v) is 12.4. The Labute approximate surface area is 152 Å². The maximum atomic E-state index is 14.1. The highest BCUT2D eigenvalue weighted by atomic mass is 28.3. The second-order valence-electron chi connectivity index (χ2n) is 9.50. The zero-order valence-corrected chi connectivity index (χ0v) is 17.4. The van der Waals surface area contributed by atoms with Crippen LogP contribution in [0.4, 0.5) is 26.3 Å². The first-order chi connectivity index (χ1) is 11.3. The number of allylic oxidation sites excluding steroid dienone is 1. The largest absolute Gasteiger partial charge is 0.521 e. The topological polar surface area (TPSA) is 9.23 Å². The predicted molar refractivity (Wildman–Crippen MR) is 93.1 cm³/mol. The number of quaternary nitrogens is 1. The van der Waals surface area contributed by atoms with Crippen LogP contribution in [0.15, 0.2) is 11.1 Å². The van der Waals surface area contributed by atoms with Gasteiger partial charge in [0.25, 0.3) is 12.2 Å². The Morgan fingerprint density at radius 1 is 1.04 bits per heavy atom. The van der Waals surface area contributed by atoms with Crippen molar-refractivity contribution in [2.75, 3.05) is 14.1 Å². The summed E-state index contributed by atoms with van der Waals surface area (Å²) in [5, 5.41) is 0. The molecule has 0 spiro atoms. The van der Waals surface area contributed by atoms with E-state index in [1.807, 2.05) is 0 Å². The van der Waals surface area contributed by atoms with Crippen LogP contribution in [0.2, 0.25) is 19.6 Å². The van der Waals surface area contributed by atoms with Crippen LogP contribution in [0.3, 0.4) is 0 Å². The maximum absolute atomic E-state index is 14.1. The Balaban J connectivity index is 2.88. The molecule has 0 bridgehead atoms. The smallest absolute Gasteiger partial charge is 0.400 e. The number of hydrogen-bond acceptors (Lipinski definition) is 1. The minimum Gasteiger partial charge on any atom is -0.521 e. The minimum atomic E-state index is -5.50. The van der Waals surface area contributed by atoms with Gasteiger partial charge in [-0.05, 0) is 26.2 Å². The molecule has 1 saturated heterocycles. The normalized spacial score (nSPS) is 32.4. The third-order valence-electron chi connectivity index (χ3n) is 6.57. The quantitative estimate of drug-likeness (QED) is 0.265. The summed E-state index contributed by atoms with van der Waals surface area (Å²) in [7, 11) is -0.0146. The third-order valence-corrected chi connectivity index (χ3v) is 9.46. The lowest BCUT2D eigenvalue weighted by Crippen LogP contribution is -2.78. The minimum absolute atomic E-state index is 0.450. The number of hydrogen-bond donors (Lipinski definition) is 0. The third kappa shape index (κ3) is 2.70. The van der Waals surface area contributed by atoms with Crippen molar-refractivity contribution in [2.24, 2.45) is 0 Å². The molecule has 2 atom stereocenters. The van der Waals surface area contributed by atoms with E-state index < -0.39 is 42.3 Å². The summed E-state index contributed by atoms with van der Waals surface area (Å²) in [6.45, 7) is 7.91. The molecule has 2 unspecified atom stereocenters. The highest BCUT2D eigenvalue weighted by Gasteiger charge is 2.83. The molecule has 10 heteroatoms. The molecule has 0 radical (unpaired) electrons. The molecule has 0 amide bonds. The Hall–Kier alpha value is -0.478. The second-order valence-corrected chi connectivity index (χ2v) is 14.8. The van der Waals surface area contributed by atoms with E-state index in [9.17, 15) is 26.3 Å². The fourth-order valence-electron chi connectivity index (χ4n) is 5.64. The summed E-state index contributed by atoms with van der Waals surface area (Å²) >= 11 is 0. The molecule has 0 aromatic heterocycles. The van der Waals surface area contributed by atoms with Crippen molar-refractivity contribution < 1.29 is 35.5 Å². The first-order valence-electron chi connectivity index (χ1n) is 8.86. The number of nitrogens with zero attached hydrogens (tertiary/aromatic N) is 1.